The van der Waals surface area contributed by atoms with Gasteiger partial charge in [0, 0.05) is 19.4 Å². The zero-order valence-corrected chi connectivity index (χ0v) is 11.4. The lowest BCUT2D eigenvalue weighted by atomic mass is 10.1. The van der Waals surface area contributed by atoms with Crippen LogP contribution < -0.4 is 5.32 Å². The Morgan fingerprint density at radius 3 is 2.95 bits per heavy atom. The lowest BCUT2D eigenvalue weighted by Crippen LogP contribution is -2.50. The summed E-state index contributed by atoms with van der Waals surface area (Å²) in [4.78, 5) is 12.1. The standard InChI is InChI=1S/C13H18F2N2O3/c1-8-3-4-10(17(8)13(14)15)12(18)16-9-7-20-6-5-11(9)19-2/h3-4,9,11,13H,5-7H2,1-2H3,(H,16,18). The van der Waals surface area contributed by atoms with Crippen molar-refractivity contribution < 1.29 is 23.0 Å². The number of nitrogens with one attached hydrogen (secondary N) is 1. The maximum Gasteiger partial charge on any atom is 0.319 e. The molecule has 1 fully saturated rings. The van der Waals surface area contributed by atoms with Crippen LogP contribution in [0.4, 0.5) is 8.78 Å². The molecule has 0 aromatic carbocycles. The van der Waals surface area contributed by atoms with Crippen LogP contribution in [0.5, 0.6) is 0 Å². The molecule has 112 valence electrons. The van der Waals surface area contributed by atoms with Crippen LogP contribution in [-0.4, -0.2) is 42.9 Å². The van der Waals surface area contributed by atoms with Crippen molar-refractivity contribution in [3.05, 3.63) is 23.5 Å². The van der Waals surface area contributed by atoms with Crippen LogP contribution in [0.1, 0.15) is 29.2 Å². The Hall–Kier alpha value is -1.47. The molecule has 0 radical (unpaired) electrons. The largest absolute Gasteiger partial charge is 0.379 e. The second-order valence-electron chi connectivity index (χ2n) is 4.73. The fourth-order valence-corrected chi connectivity index (χ4v) is 2.37. The predicted octanol–water partition coefficient (Wildman–Crippen LogP) is 1.73. The molecule has 1 amide bonds. The van der Waals surface area contributed by atoms with Crippen molar-refractivity contribution in [2.24, 2.45) is 0 Å². The summed E-state index contributed by atoms with van der Waals surface area (Å²) >= 11 is 0. The van der Waals surface area contributed by atoms with Gasteiger partial charge in [-0.05, 0) is 25.5 Å². The molecule has 1 saturated heterocycles. The van der Waals surface area contributed by atoms with Crippen LogP contribution in [0.2, 0.25) is 0 Å². The van der Waals surface area contributed by atoms with E-state index >= 15 is 0 Å². The van der Waals surface area contributed by atoms with Crippen molar-refractivity contribution in [2.75, 3.05) is 20.3 Å². The average Bonchev–Trinajstić information content (AvgIpc) is 2.81. The monoisotopic (exact) mass is 288 g/mol. The van der Waals surface area contributed by atoms with Gasteiger partial charge in [-0.15, -0.1) is 0 Å². The fourth-order valence-electron chi connectivity index (χ4n) is 2.37. The SMILES string of the molecule is COC1CCOCC1NC(=O)c1ccc(C)n1C(F)F. The average molecular weight is 288 g/mol. The summed E-state index contributed by atoms with van der Waals surface area (Å²) in [7, 11) is 1.56. The van der Waals surface area contributed by atoms with Crippen LogP contribution >= 0.6 is 0 Å². The molecule has 20 heavy (non-hydrogen) atoms. The molecule has 0 aliphatic carbocycles. The van der Waals surface area contributed by atoms with E-state index in [9.17, 15) is 13.6 Å². The maximum atomic E-state index is 12.9. The molecule has 0 spiro atoms. The third-order valence-corrected chi connectivity index (χ3v) is 3.46. The highest BCUT2D eigenvalue weighted by Crippen LogP contribution is 2.19. The molecule has 0 bridgehead atoms. The van der Waals surface area contributed by atoms with Gasteiger partial charge in [0.2, 0.25) is 0 Å². The van der Waals surface area contributed by atoms with Crippen molar-refractivity contribution in [3.8, 4) is 0 Å². The number of methoxy groups -OCH3 is 1. The molecule has 1 aromatic rings. The summed E-state index contributed by atoms with van der Waals surface area (Å²) in [5.74, 6) is -0.545. The summed E-state index contributed by atoms with van der Waals surface area (Å²) in [6.07, 6.45) is 0.500. The van der Waals surface area contributed by atoms with Gasteiger partial charge in [-0.3, -0.25) is 9.36 Å². The molecule has 2 rings (SSSR count). The summed E-state index contributed by atoms with van der Waals surface area (Å²) in [5, 5.41) is 2.70. The number of aryl methyl sites for hydroxylation is 1. The number of aromatic nitrogens is 1. The van der Waals surface area contributed by atoms with Crippen molar-refractivity contribution >= 4 is 5.91 Å². The number of hydrogen-bond acceptors (Lipinski definition) is 3. The van der Waals surface area contributed by atoms with E-state index in [0.29, 0.717) is 29.9 Å². The quantitative estimate of drug-likeness (QED) is 0.918. The number of alkyl halides is 2. The summed E-state index contributed by atoms with van der Waals surface area (Å²) in [6.45, 7) is -0.327. The molecule has 1 aromatic heterocycles. The van der Waals surface area contributed by atoms with Gasteiger partial charge in [0.1, 0.15) is 5.69 Å². The van der Waals surface area contributed by atoms with Crippen LogP contribution in [-0.2, 0) is 9.47 Å². The highest BCUT2D eigenvalue weighted by atomic mass is 19.3. The van der Waals surface area contributed by atoms with Crippen molar-refractivity contribution in [1.82, 2.24) is 9.88 Å². The van der Waals surface area contributed by atoms with E-state index in [1.165, 1.54) is 19.1 Å². The van der Waals surface area contributed by atoms with Crippen LogP contribution in [0.3, 0.4) is 0 Å². The van der Waals surface area contributed by atoms with Crippen LogP contribution in [0.15, 0.2) is 12.1 Å². The molecule has 1 aliphatic rings. The van der Waals surface area contributed by atoms with E-state index in [4.69, 9.17) is 9.47 Å². The molecule has 1 aliphatic heterocycles. The first-order valence-corrected chi connectivity index (χ1v) is 6.42. The Kier molecular flexibility index (Phi) is 4.72. The minimum Gasteiger partial charge on any atom is -0.379 e. The van der Waals surface area contributed by atoms with Gasteiger partial charge < -0.3 is 14.8 Å². The van der Waals surface area contributed by atoms with Gasteiger partial charge in [-0.2, -0.15) is 8.78 Å². The second-order valence-corrected chi connectivity index (χ2v) is 4.73. The Bertz CT molecular complexity index is 476. The molecule has 1 N–H and O–H groups in total. The van der Waals surface area contributed by atoms with Gasteiger partial charge >= 0.3 is 6.55 Å². The third-order valence-electron chi connectivity index (χ3n) is 3.46. The summed E-state index contributed by atoms with van der Waals surface area (Å²) < 4.78 is 37.1. The van der Waals surface area contributed by atoms with E-state index in [1.54, 1.807) is 7.11 Å². The number of amides is 1. The normalized spacial score (nSPS) is 23.1. The van der Waals surface area contributed by atoms with Crippen LogP contribution in [0.25, 0.3) is 0 Å². The van der Waals surface area contributed by atoms with Gasteiger partial charge in [0.15, 0.2) is 0 Å². The zero-order valence-electron chi connectivity index (χ0n) is 11.4. The minimum atomic E-state index is -2.74. The lowest BCUT2D eigenvalue weighted by Gasteiger charge is -2.31. The highest BCUT2D eigenvalue weighted by molar-refractivity contribution is 5.93. The Balaban J connectivity index is 2.12. The number of halogens is 2. The van der Waals surface area contributed by atoms with Crippen molar-refractivity contribution in [1.29, 1.82) is 0 Å². The summed E-state index contributed by atoms with van der Waals surface area (Å²) in [5.41, 5.74) is 0.284. The van der Waals surface area contributed by atoms with Crippen molar-refractivity contribution in [3.63, 3.8) is 0 Å². The smallest absolute Gasteiger partial charge is 0.319 e. The first-order valence-electron chi connectivity index (χ1n) is 6.42. The summed E-state index contributed by atoms with van der Waals surface area (Å²) in [6, 6.07) is 2.55. The molecule has 2 heterocycles. The van der Waals surface area contributed by atoms with E-state index < -0.39 is 12.5 Å². The van der Waals surface area contributed by atoms with E-state index in [1.807, 2.05) is 0 Å². The molecule has 7 heteroatoms. The fraction of sp³-hybridized carbons (Fsp3) is 0.615. The zero-order chi connectivity index (χ0) is 14.7. The van der Waals surface area contributed by atoms with Gasteiger partial charge in [-0.1, -0.05) is 0 Å². The first kappa shape index (κ1) is 14.9. The number of hydrogen-bond donors (Lipinski definition) is 1. The molecule has 5 nitrogen and oxygen atoms in total. The van der Waals surface area contributed by atoms with Gasteiger partial charge in [-0.25, -0.2) is 0 Å². The Labute approximate surface area is 115 Å². The third kappa shape index (κ3) is 2.99. The highest BCUT2D eigenvalue weighted by Gasteiger charge is 2.29. The lowest BCUT2D eigenvalue weighted by molar-refractivity contribution is -0.0351. The molecule has 2 unspecified atom stereocenters. The molecule has 0 saturated carbocycles. The van der Waals surface area contributed by atoms with Crippen molar-refractivity contribution in [2.45, 2.75) is 32.0 Å². The van der Waals surface area contributed by atoms with E-state index in [0.717, 1.165) is 0 Å². The number of nitrogens with zero attached hydrogens (tertiary/aromatic N) is 1. The van der Waals surface area contributed by atoms with Crippen LogP contribution in [0, 0.1) is 6.92 Å². The topological polar surface area (TPSA) is 52.5 Å². The Morgan fingerprint density at radius 2 is 2.30 bits per heavy atom. The minimum absolute atomic E-state index is 0.0575. The van der Waals surface area contributed by atoms with Gasteiger partial charge in [0.05, 0.1) is 18.8 Å². The second kappa shape index (κ2) is 6.32. The van der Waals surface area contributed by atoms with Gasteiger partial charge in [0.25, 0.3) is 5.91 Å². The number of carbonyl (C=O) groups is 1. The molecular weight excluding hydrogens is 270 g/mol. The number of rotatable bonds is 4. The number of ether oxygens (including phenoxy) is 2. The van der Waals surface area contributed by atoms with E-state index in [2.05, 4.69) is 5.32 Å². The predicted molar refractivity (Wildman–Crippen MR) is 67.9 cm³/mol. The molecular formula is C13H18F2N2O3. The molecule has 2 atom stereocenters. The maximum absolute atomic E-state index is 12.9. The van der Waals surface area contributed by atoms with E-state index in [-0.39, 0.29) is 17.8 Å². The Morgan fingerprint density at radius 1 is 1.55 bits per heavy atom. The number of carbonyl (C=O) groups excluding carboxylic acids is 1. The first-order chi connectivity index (χ1) is 9.54.